The number of ketones is 1. The maximum atomic E-state index is 11.4. The van der Waals surface area contributed by atoms with Crippen molar-refractivity contribution in [3.63, 3.8) is 0 Å². The number of benzene rings is 1. The van der Waals surface area contributed by atoms with Crippen molar-refractivity contribution in [2.75, 3.05) is 13.2 Å². The Morgan fingerprint density at radius 2 is 2.06 bits per heavy atom. The third-order valence-corrected chi connectivity index (χ3v) is 2.15. The van der Waals surface area contributed by atoms with Crippen LogP contribution in [0.2, 0.25) is 0 Å². The highest BCUT2D eigenvalue weighted by Crippen LogP contribution is 2.19. The fourth-order valence-corrected chi connectivity index (χ4v) is 1.39. The maximum Gasteiger partial charge on any atom is 0.163 e. The second-order valence-electron chi connectivity index (χ2n) is 3.64. The lowest BCUT2D eigenvalue weighted by atomic mass is 10.1. The molecule has 0 aliphatic heterocycles. The molecule has 1 aromatic rings. The van der Waals surface area contributed by atoms with Gasteiger partial charge >= 0.3 is 0 Å². The first-order chi connectivity index (χ1) is 7.65. The van der Waals surface area contributed by atoms with Crippen molar-refractivity contribution in [1.29, 1.82) is 0 Å². The molecular formula is C13H18O3. The van der Waals surface area contributed by atoms with E-state index in [9.17, 15) is 4.79 Å². The molecular weight excluding hydrogens is 204 g/mol. The summed E-state index contributed by atoms with van der Waals surface area (Å²) in [7, 11) is 0. The zero-order valence-corrected chi connectivity index (χ0v) is 10.0. The average molecular weight is 222 g/mol. The largest absolute Gasteiger partial charge is 0.488 e. The van der Waals surface area contributed by atoms with Crippen LogP contribution in [-0.2, 0) is 4.74 Å². The zero-order chi connectivity index (χ0) is 12.0. The average Bonchev–Trinajstić information content (AvgIpc) is 2.27. The Morgan fingerprint density at radius 1 is 1.38 bits per heavy atom. The van der Waals surface area contributed by atoms with Gasteiger partial charge in [-0.2, -0.15) is 0 Å². The molecule has 0 spiro atoms. The quantitative estimate of drug-likeness (QED) is 0.694. The van der Waals surface area contributed by atoms with Crippen molar-refractivity contribution in [3.05, 3.63) is 29.8 Å². The molecule has 1 rings (SSSR count). The summed E-state index contributed by atoms with van der Waals surface area (Å²) in [5.74, 6) is 0.640. The highest BCUT2D eigenvalue weighted by atomic mass is 16.5. The van der Waals surface area contributed by atoms with Crippen LogP contribution in [0.15, 0.2) is 24.3 Å². The van der Waals surface area contributed by atoms with Crippen LogP contribution >= 0.6 is 0 Å². The van der Waals surface area contributed by atoms with Gasteiger partial charge in [-0.25, -0.2) is 0 Å². The Balaban J connectivity index is 2.69. The van der Waals surface area contributed by atoms with Crippen LogP contribution in [-0.4, -0.2) is 25.1 Å². The minimum atomic E-state index is -0.0551. The predicted molar refractivity (Wildman–Crippen MR) is 63.0 cm³/mol. The normalized spacial score (nSPS) is 12.2. The van der Waals surface area contributed by atoms with Crippen molar-refractivity contribution in [2.45, 2.75) is 26.9 Å². The third kappa shape index (κ3) is 3.66. The zero-order valence-electron chi connectivity index (χ0n) is 10.0. The molecule has 3 nitrogen and oxygen atoms in total. The van der Waals surface area contributed by atoms with Gasteiger partial charge in [0.2, 0.25) is 0 Å². The number of para-hydroxylation sites is 1. The maximum absolute atomic E-state index is 11.4. The fraction of sp³-hybridized carbons (Fsp3) is 0.462. The fourth-order valence-electron chi connectivity index (χ4n) is 1.39. The molecule has 0 aliphatic carbocycles. The Bertz CT molecular complexity index is 347. The molecule has 0 aromatic heterocycles. The topological polar surface area (TPSA) is 35.5 Å². The van der Waals surface area contributed by atoms with Gasteiger partial charge in [0, 0.05) is 6.61 Å². The SMILES string of the molecule is CCOCC(C)Oc1ccccc1C(C)=O. The molecule has 0 fully saturated rings. The summed E-state index contributed by atoms with van der Waals surface area (Å²) < 4.78 is 10.9. The minimum Gasteiger partial charge on any atom is -0.488 e. The van der Waals surface area contributed by atoms with Crippen LogP contribution in [0, 0.1) is 0 Å². The molecule has 1 atom stereocenters. The van der Waals surface area contributed by atoms with E-state index in [-0.39, 0.29) is 11.9 Å². The number of hydrogen-bond acceptors (Lipinski definition) is 3. The highest BCUT2D eigenvalue weighted by Gasteiger charge is 2.10. The van der Waals surface area contributed by atoms with Gasteiger partial charge in [-0.05, 0) is 32.9 Å². The lowest BCUT2D eigenvalue weighted by Crippen LogP contribution is -2.20. The van der Waals surface area contributed by atoms with Crippen LogP contribution in [0.3, 0.4) is 0 Å². The third-order valence-electron chi connectivity index (χ3n) is 2.15. The van der Waals surface area contributed by atoms with Gasteiger partial charge in [0.05, 0.1) is 12.2 Å². The second-order valence-corrected chi connectivity index (χ2v) is 3.64. The lowest BCUT2D eigenvalue weighted by Gasteiger charge is -2.16. The molecule has 16 heavy (non-hydrogen) atoms. The van der Waals surface area contributed by atoms with Gasteiger partial charge < -0.3 is 9.47 Å². The number of ether oxygens (including phenoxy) is 2. The van der Waals surface area contributed by atoms with Crippen LogP contribution in [0.25, 0.3) is 0 Å². The lowest BCUT2D eigenvalue weighted by molar-refractivity contribution is 0.0648. The summed E-state index contributed by atoms with van der Waals surface area (Å²) in [6.45, 7) is 6.60. The molecule has 0 heterocycles. The molecule has 0 radical (unpaired) electrons. The first kappa shape index (κ1) is 12.7. The summed E-state index contributed by atoms with van der Waals surface area (Å²) in [6, 6.07) is 7.26. The van der Waals surface area contributed by atoms with Gasteiger partial charge in [-0.1, -0.05) is 12.1 Å². The van der Waals surface area contributed by atoms with Gasteiger partial charge in [-0.3, -0.25) is 4.79 Å². The van der Waals surface area contributed by atoms with Crippen molar-refractivity contribution in [3.8, 4) is 5.75 Å². The Morgan fingerprint density at radius 3 is 2.69 bits per heavy atom. The van der Waals surface area contributed by atoms with E-state index < -0.39 is 0 Å². The summed E-state index contributed by atoms with van der Waals surface area (Å²) in [4.78, 5) is 11.4. The van der Waals surface area contributed by atoms with E-state index in [2.05, 4.69) is 0 Å². The molecule has 1 aromatic carbocycles. The molecule has 1 unspecified atom stereocenters. The van der Waals surface area contributed by atoms with Gasteiger partial charge in [-0.15, -0.1) is 0 Å². The Labute approximate surface area is 96.4 Å². The second kappa shape index (κ2) is 6.28. The van der Waals surface area contributed by atoms with Gasteiger partial charge in [0.15, 0.2) is 5.78 Å². The van der Waals surface area contributed by atoms with Gasteiger partial charge in [0.1, 0.15) is 11.9 Å². The monoisotopic (exact) mass is 222 g/mol. The first-order valence-corrected chi connectivity index (χ1v) is 5.49. The Kier molecular flexibility index (Phi) is 4.99. The first-order valence-electron chi connectivity index (χ1n) is 5.49. The summed E-state index contributed by atoms with van der Waals surface area (Å²) >= 11 is 0. The summed E-state index contributed by atoms with van der Waals surface area (Å²) in [5.41, 5.74) is 0.617. The van der Waals surface area contributed by atoms with E-state index in [1.165, 1.54) is 6.92 Å². The molecule has 0 saturated heterocycles. The molecule has 0 amide bonds. The highest BCUT2D eigenvalue weighted by molar-refractivity contribution is 5.96. The molecule has 0 aliphatic rings. The van der Waals surface area contributed by atoms with E-state index in [1.54, 1.807) is 12.1 Å². The van der Waals surface area contributed by atoms with E-state index in [1.807, 2.05) is 26.0 Å². The van der Waals surface area contributed by atoms with E-state index in [4.69, 9.17) is 9.47 Å². The number of rotatable bonds is 6. The van der Waals surface area contributed by atoms with Crippen molar-refractivity contribution >= 4 is 5.78 Å². The Hall–Kier alpha value is -1.35. The number of hydrogen-bond donors (Lipinski definition) is 0. The minimum absolute atomic E-state index is 0.0132. The predicted octanol–water partition coefficient (Wildman–Crippen LogP) is 2.69. The van der Waals surface area contributed by atoms with E-state index in [0.29, 0.717) is 24.5 Å². The van der Waals surface area contributed by atoms with Crippen LogP contribution < -0.4 is 4.74 Å². The molecule has 0 saturated carbocycles. The number of carbonyl (C=O) groups is 1. The van der Waals surface area contributed by atoms with Crippen LogP contribution in [0.5, 0.6) is 5.75 Å². The summed E-state index contributed by atoms with van der Waals surface area (Å²) in [5, 5.41) is 0. The molecule has 3 heteroatoms. The number of carbonyl (C=O) groups excluding carboxylic acids is 1. The van der Waals surface area contributed by atoms with Crippen molar-refractivity contribution in [1.82, 2.24) is 0 Å². The molecule has 0 N–H and O–H groups in total. The molecule has 0 bridgehead atoms. The van der Waals surface area contributed by atoms with Crippen molar-refractivity contribution in [2.24, 2.45) is 0 Å². The molecule has 88 valence electrons. The number of Topliss-reactive ketones (excluding diaryl/α,β-unsaturated/α-hetero) is 1. The smallest absolute Gasteiger partial charge is 0.163 e. The summed E-state index contributed by atoms with van der Waals surface area (Å²) in [6.07, 6.45) is -0.0551. The van der Waals surface area contributed by atoms with Gasteiger partial charge in [0.25, 0.3) is 0 Å². The van der Waals surface area contributed by atoms with Crippen LogP contribution in [0.4, 0.5) is 0 Å². The van der Waals surface area contributed by atoms with E-state index in [0.717, 1.165) is 0 Å². The standard InChI is InChI=1S/C13H18O3/c1-4-15-9-10(2)16-13-8-6-5-7-12(13)11(3)14/h5-8,10H,4,9H2,1-3H3. The van der Waals surface area contributed by atoms with Crippen molar-refractivity contribution < 1.29 is 14.3 Å². The van der Waals surface area contributed by atoms with E-state index >= 15 is 0 Å². The van der Waals surface area contributed by atoms with Crippen LogP contribution in [0.1, 0.15) is 31.1 Å².